The van der Waals surface area contributed by atoms with Crippen LogP contribution in [-0.2, 0) is 21.5 Å². The number of ether oxygens (including phenoxy) is 1. The van der Waals surface area contributed by atoms with Crippen LogP contribution < -0.4 is 9.66 Å². The topological polar surface area (TPSA) is 66.4 Å². The van der Waals surface area contributed by atoms with Crippen molar-refractivity contribution in [3.63, 3.8) is 0 Å². The normalized spacial score (nSPS) is 13.4. The first kappa shape index (κ1) is 25.1. The van der Waals surface area contributed by atoms with Crippen molar-refractivity contribution in [1.82, 2.24) is 0 Å². The molecule has 0 saturated carbocycles. The largest absolute Gasteiger partial charge is 0.741 e. The molecule has 0 heterocycles. The van der Waals surface area contributed by atoms with Crippen LogP contribution in [-0.4, -0.2) is 53.1 Å². The van der Waals surface area contributed by atoms with Crippen molar-refractivity contribution in [2.75, 3.05) is 20.4 Å². The summed E-state index contributed by atoms with van der Waals surface area (Å²) in [6, 6.07) is 19.9. The second-order valence-electron chi connectivity index (χ2n) is 6.22. The van der Waals surface area contributed by atoms with Crippen LogP contribution in [0.3, 0.4) is 0 Å². The molecule has 28 heavy (non-hydrogen) atoms. The molecule has 2 rings (SSSR count). The fraction of sp³-hybridized carbons (Fsp3) is 0.333. The van der Waals surface area contributed by atoms with Crippen LogP contribution in [0.4, 0.5) is 13.2 Å². The molecule has 0 aliphatic heterocycles. The maximum absolute atomic E-state index is 10.7. The van der Waals surface area contributed by atoms with E-state index >= 15 is 0 Å². The summed E-state index contributed by atoms with van der Waals surface area (Å²) in [6.07, 6.45) is 0. The van der Waals surface area contributed by atoms with Gasteiger partial charge in [0.1, 0.15) is 0 Å². The van der Waals surface area contributed by atoms with Crippen LogP contribution >= 0.6 is 5.82 Å². The zero-order valence-electron chi connectivity index (χ0n) is 16.0. The van der Waals surface area contributed by atoms with Gasteiger partial charge in [-0.05, 0) is 0 Å². The number of hydrogen-bond donors (Lipinski definition) is 0. The SMILES string of the molecule is COCc1ccccc1[P+](C)(C)[As](C)c1ccccc1.O=S(=O)([O-])C(F)(F)F. The Balaban J connectivity index is 0.000000416. The molecule has 0 aromatic heterocycles. The zero-order chi connectivity index (χ0) is 21.6. The summed E-state index contributed by atoms with van der Waals surface area (Å²) >= 11 is -1.07. The molecule has 0 N–H and O–H groups in total. The number of benzene rings is 2. The first-order chi connectivity index (χ1) is 12.8. The predicted molar refractivity (Wildman–Crippen MR) is 109 cm³/mol. The van der Waals surface area contributed by atoms with Gasteiger partial charge in [-0.1, -0.05) is 0 Å². The second-order valence-corrected chi connectivity index (χ2v) is 23.5. The Morgan fingerprint density at radius 3 is 1.96 bits per heavy atom. The molecule has 0 radical (unpaired) electrons. The molecule has 0 aliphatic rings. The maximum Gasteiger partial charge on any atom is 0.485 e. The first-order valence-electron chi connectivity index (χ1n) is 8.05. The van der Waals surface area contributed by atoms with Gasteiger partial charge in [-0.2, -0.15) is 13.2 Å². The molecular formula is C18H23AsF3O4PS. The van der Waals surface area contributed by atoms with Gasteiger partial charge in [0.25, 0.3) is 0 Å². The zero-order valence-corrected chi connectivity index (χ0v) is 19.6. The summed E-state index contributed by atoms with van der Waals surface area (Å²) in [5, 5.41) is 1.55. The van der Waals surface area contributed by atoms with Crippen molar-refractivity contribution in [2.45, 2.75) is 17.8 Å². The number of alkyl halides is 3. The van der Waals surface area contributed by atoms with Gasteiger partial charge in [-0.25, -0.2) is 8.42 Å². The van der Waals surface area contributed by atoms with Gasteiger partial charge in [-0.3, -0.25) is 0 Å². The fourth-order valence-corrected chi connectivity index (χ4v) is 13.5. The summed E-state index contributed by atoms with van der Waals surface area (Å²) in [6.45, 7) is 5.71. The molecule has 0 amide bonds. The number of methoxy groups -OCH3 is 1. The Hall–Kier alpha value is -0.912. The molecule has 10 heteroatoms. The molecule has 156 valence electrons. The van der Waals surface area contributed by atoms with Crippen LogP contribution in [0.15, 0.2) is 54.6 Å². The number of hydrogen-bond acceptors (Lipinski definition) is 4. The molecule has 0 aliphatic carbocycles. The van der Waals surface area contributed by atoms with Gasteiger partial charge in [0.05, 0.1) is 0 Å². The van der Waals surface area contributed by atoms with Gasteiger partial charge >= 0.3 is 133 Å². The van der Waals surface area contributed by atoms with Gasteiger partial charge in [0.15, 0.2) is 10.1 Å². The summed E-state index contributed by atoms with van der Waals surface area (Å²) < 4.78 is 65.9. The van der Waals surface area contributed by atoms with E-state index in [2.05, 4.69) is 73.6 Å². The van der Waals surface area contributed by atoms with E-state index in [1.165, 1.54) is 5.56 Å². The van der Waals surface area contributed by atoms with Crippen molar-refractivity contribution in [2.24, 2.45) is 0 Å². The predicted octanol–water partition coefficient (Wildman–Crippen LogP) is 3.32. The molecule has 2 aromatic carbocycles. The fourth-order valence-electron chi connectivity index (χ4n) is 2.42. The second kappa shape index (κ2) is 10.2. The molecule has 0 saturated heterocycles. The maximum atomic E-state index is 10.7. The van der Waals surface area contributed by atoms with Crippen LogP contribution in [0.1, 0.15) is 5.56 Å². The molecular weight excluding hydrogens is 475 g/mol. The van der Waals surface area contributed by atoms with E-state index in [1.54, 1.807) is 16.8 Å². The molecule has 4 nitrogen and oxygen atoms in total. The minimum Gasteiger partial charge on any atom is -0.741 e. The van der Waals surface area contributed by atoms with E-state index < -0.39 is 35.6 Å². The smallest absolute Gasteiger partial charge is 0.485 e. The third-order valence-electron chi connectivity index (χ3n) is 4.04. The summed E-state index contributed by atoms with van der Waals surface area (Å²) in [7, 11) is -4.31. The Labute approximate surface area is 169 Å². The number of rotatable bonds is 5. The van der Waals surface area contributed by atoms with E-state index in [4.69, 9.17) is 17.7 Å². The van der Waals surface area contributed by atoms with Gasteiger partial charge < -0.3 is 4.55 Å². The van der Waals surface area contributed by atoms with E-state index in [0.717, 1.165) is 6.61 Å². The van der Waals surface area contributed by atoms with Crippen LogP contribution in [0, 0.1) is 0 Å². The number of halogens is 3. The van der Waals surface area contributed by atoms with Crippen LogP contribution in [0.2, 0.25) is 5.71 Å². The Morgan fingerprint density at radius 2 is 1.50 bits per heavy atom. The third-order valence-corrected chi connectivity index (χ3v) is 21.9. The Kier molecular flexibility index (Phi) is 9.17. The van der Waals surface area contributed by atoms with Gasteiger partial charge in [-0.15, -0.1) is 0 Å². The van der Waals surface area contributed by atoms with E-state index in [1.807, 2.05) is 0 Å². The molecule has 0 bridgehead atoms. The minimum absolute atomic E-state index is 0.719. The van der Waals surface area contributed by atoms with E-state index in [9.17, 15) is 13.2 Å². The van der Waals surface area contributed by atoms with Crippen molar-refractivity contribution < 1.29 is 30.9 Å². The quantitative estimate of drug-likeness (QED) is 0.275. The summed E-state index contributed by atoms with van der Waals surface area (Å²) in [5.74, 6) is -1.11. The summed E-state index contributed by atoms with van der Waals surface area (Å²) in [4.78, 5) is 0. The molecule has 0 spiro atoms. The summed E-state index contributed by atoms with van der Waals surface area (Å²) in [5.41, 5.74) is -1.78. The minimum atomic E-state index is -6.09. The van der Waals surface area contributed by atoms with Crippen molar-refractivity contribution in [1.29, 1.82) is 0 Å². The van der Waals surface area contributed by atoms with Crippen molar-refractivity contribution in [3.05, 3.63) is 60.2 Å². The van der Waals surface area contributed by atoms with Crippen molar-refractivity contribution in [3.8, 4) is 0 Å². The van der Waals surface area contributed by atoms with Gasteiger partial charge in [0, 0.05) is 0 Å². The molecule has 2 aromatic rings. The van der Waals surface area contributed by atoms with Gasteiger partial charge in [0.2, 0.25) is 0 Å². The van der Waals surface area contributed by atoms with Crippen molar-refractivity contribution >= 4 is 39.8 Å². The van der Waals surface area contributed by atoms with Crippen LogP contribution in [0.25, 0.3) is 0 Å². The van der Waals surface area contributed by atoms with E-state index in [-0.39, 0.29) is 0 Å². The molecule has 1 unspecified atom stereocenters. The monoisotopic (exact) mass is 498 g/mol. The average molecular weight is 498 g/mol. The Morgan fingerprint density at radius 1 is 1.04 bits per heavy atom. The van der Waals surface area contributed by atoms with E-state index in [0.29, 0.717) is 0 Å². The molecule has 1 atom stereocenters. The standard InChI is InChI=1S/C17H23AsOP.CHF3O3S/c1-18(16-11-6-5-7-12-16)20(3,4)17-13-9-8-10-15(17)14-19-2;2-1(3,4)8(5,6)7/h5-13H,14H2,1-4H3;(H,5,6,7)/q+1;/p-1. The Bertz CT molecular complexity index is 859. The average Bonchev–Trinajstić information content (AvgIpc) is 2.61. The third kappa shape index (κ3) is 6.85. The first-order valence-corrected chi connectivity index (χ1v) is 17.4. The molecule has 0 fully saturated rings. The van der Waals surface area contributed by atoms with Crippen LogP contribution in [0.5, 0.6) is 0 Å².